The Morgan fingerprint density at radius 1 is 1.33 bits per heavy atom. The van der Waals surface area contributed by atoms with Crippen LogP contribution in [-0.4, -0.2) is 61.3 Å². The van der Waals surface area contributed by atoms with E-state index in [1.165, 1.54) is 6.08 Å². The second-order valence-electron chi connectivity index (χ2n) is 4.94. The number of hydrogen-bond donors (Lipinski definition) is 3. The molecule has 8 heteroatoms. The standard InChI is InChI=1S/C13H25N5O3/c1-21-13(4-5-14)3-2-11(18(19)20)10-12(13)17(8-6-15)9-7-16/h2-3,10,12H,4-9,14-16H2,1H3. The van der Waals surface area contributed by atoms with Gasteiger partial charge in [-0.2, -0.15) is 0 Å². The molecular formula is C13H25N5O3. The summed E-state index contributed by atoms with van der Waals surface area (Å²) in [6.45, 7) is 2.43. The number of nitro groups is 1. The van der Waals surface area contributed by atoms with Crippen molar-refractivity contribution in [3.8, 4) is 0 Å². The Hall–Kier alpha value is -1.32. The summed E-state index contributed by atoms with van der Waals surface area (Å²) < 4.78 is 5.68. The first-order valence-electron chi connectivity index (χ1n) is 6.99. The number of methoxy groups -OCH3 is 1. The lowest BCUT2D eigenvalue weighted by Crippen LogP contribution is -2.56. The average molecular weight is 299 g/mol. The largest absolute Gasteiger partial charge is 0.372 e. The maximum atomic E-state index is 11.0. The van der Waals surface area contributed by atoms with Gasteiger partial charge in [-0.3, -0.25) is 15.0 Å². The molecule has 0 aromatic carbocycles. The van der Waals surface area contributed by atoms with E-state index < -0.39 is 10.5 Å². The van der Waals surface area contributed by atoms with E-state index in [-0.39, 0.29) is 11.7 Å². The minimum absolute atomic E-state index is 0.0451. The summed E-state index contributed by atoms with van der Waals surface area (Å²) in [7, 11) is 1.58. The molecule has 0 fully saturated rings. The van der Waals surface area contributed by atoms with Gasteiger partial charge in [0.25, 0.3) is 5.70 Å². The second kappa shape index (κ2) is 8.20. The summed E-state index contributed by atoms with van der Waals surface area (Å²) in [5, 5.41) is 11.0. The molecule has 0 radical (unpaired) electrons. The molecule has 120 valence electrons. The van der Waals surface area contributed by atoms with Crippen molar-refractivity contribution < 1.29 is 9.66 Å². The molecule has 6 N–H and O–H groups in total. The molecule has 0 amide bonds. The van der Waals surface area contributed by atoms with Crippen LogP contribution in [0.1, 0.15) is 6.42 Å². The fourth-order valence-corrected chi connectivity index (χ4v) is 2.69. The van der Waals surface area contributed by atoms with Crippen molar-refractivity contribution in [3.05, 3.63) is 34.0 Å². The van der Waals surface area contributed by atoms with Gasteiger partial charge in [-0.15, -0.1) is 0 Å². The maximum Gasteiger partial charge on any atom is 0.266 e. The number of nitrogens with zero attached hydrogens (tertiary/aromatic N) is 2. The Labute approximate surface area is 124 Å². The SMILES string of the molecule is COC1(CCN)C=CC([N+](=O)[O-])=CC1N(CCN)CCN. The molecule has 8 nitrogen and oxygen atoms in total. The summed E-state index contributed by atoms with van der Waals surface area (Å²) in [5.74, 6) is 0. The highest BCUT2D eigenvalue weighted by Crippen LogP contribution is 2.31. The van der Waals surface area contributed by atoms with E-state index >= 15 is 0 Å². The normalized spacial score (nSPS) is 25.2. The molecular weight excluding hydrogens is 274 g/mol. The minimum Gasteiger partial charge on any atom is -0.372 e. The second-order valence-corrected chi connectivity index (χ2v) is 4.94. The lowest BCUT2D eigenvalue weighted by Gasteiger charge is -2.43. The van der Waals surface area contributed by atoms with Gasteiger partial charge in [0.2, 0.25) is 0 Å². The van der Waals surface area contributed by atoms with Crippen molar-refractivity contribution in [2.45, 2.75) is 18.1 Å². The fourth-order valence-electron chi connectivity index (χ4n) is 2.69. The average Bonchev–Trinajstić information content (AvgIpc) is 2.47. The van der Waals surface area contributed by atoms with Crippen LogP contribution in [0.4, 0.5) is 0 Å². The van der Waals surface area contributed by atoms with Crippen molar-refractivity contribution in [1.29, 1.82) is 0 Å². The Morgan fingerprint density at radius 3 is 2.38 bits per heavy atom. The molecule has 0 aromatic heterocycles. The zero-order valence-electron chi connectivity index (χ0n) is 12.4. The predicted molar refractivity (Wildman–Crippen MR) is 81.1 cm³/mol. The summed E-state index contributed by atoms with van der Waals surface area (Å²) in [4.78, 5) is 12.6. The highest BCUT2D eigenvalue weighted by Gasteiger charge is 2.42. The number of rotatable bonds is 9. The first-order chi connectivity index (χ1) is 10.0. The minimum atomic E-state index is -0.696. The molecule has 0 aromatic rings. The molecule has 1 aliphatic rings. The third-order valence-electron chi connectivity index (χ3n) is 3.72. The summed E-state index contributed by atoms with van der Waals surface area (Å²) in [5.41, 5.74) is 16.3. The topological polar surface area (TPSA) is 134 Å². The van der Waals surface area contributed by atoms with Crippen molar-refractivity contribution in [2.75, 3.05) is 39.8 Å². The summed E-state index contributed by atoms with van der Waals surface area (Å²) >= 11 is 0. The molecule has 1 aliphatic carbocycles. The van der Waals surface area contributed by atoms with Gasteiger partial charge in [0, 0.05) is 45.4 Å². The zero-order chi connectivity index (χ0) is 15.9. The Balaban J connectivity index is 3.18. The van der Waals surface area contributed by atoms with E-state index in [2.05, 4.69) is 0 Å². The lowest BCUT2D eigenvalue weighted by atomic mass is 9.84. The molecule has 0 saturated carbocycles. The van der Waals surface area contributed by atoms with E-state index in [9.17, 15) is 10.1 Å². The van der Waals surface area contributed by atoms with Crippen LogP contribution in [0.15, 0.2) is 23.9 Å². The van der Waals surface area contributed by atoms with Crippen LogP contribution in [0.2, 0.25) is 0 Å². The third kappa shape index (κ3) is 4.08. The van der Waals surface area contributed by atoms with E-state index in [0.29, 0.717) is 39.1 Å². The summed E-state index contributed by atoms with van der Waals surface area (Å²) in [6.07, 6.45) is 5.35. The van der Waals surface area contributed by atoms with E-state index in [4.69, 9.17) is 21.9 Å². The highest BCUT2D eigenvalue weighted by molar-refractivity contribution is 5.29. The summed E-state index contributed by atoms with van der Waals surface area (Å²) in [6, 6.07) is -0.316. The Morgan fingerprint density at radius 2 is 1.95 bits per heavy atom. The van der Waals surface area contributed by atoms with Gasteiger partial charge >= 0.3 is 0 Å². The lowest BCUT2D eigenvalue weighted by molar-refractivity contribution is -0.420. The zero-order valence-corrected chi connectivity index (χ0v) is 12.4. The van der Waals surface area contributed by atoms with E-state index in [1.54, 1.807) is 19.3 Å². The highest BCUT2D eigenvalue weighted by atomic mass is 16.6. The molecule has 2 atom stereocenters. The predicted octanol–water partition coefficient (Wildman–Crippen LogP) is -0.961. The van der Waals surface area contributed by atoms with Crippen LogP contribution in [0.5, 0.6) is 0 Å². The first kappa shape index (κ1) is 17.7. The van der Waals surface area contributed by atoms with E-state index in [1.807, 2.05) is 4.90 Å². The monoisotopic (exact) mass is 299 g/mol. The van der Waals surface area contributed by atoms with Crippen LogP contribution in [0.25, 0.3) is 0 Å². The van der Waals surface area contributed by atoms with Crippen LogP contribution in [0.3, 0.4) is 0 Å². The van der Waals surface area contributed by atoms with Crippen molar-refractivity contribution in [1.82, 2.24) is 4.90 Å². The number of hydrogen-bond acceptors (Lipinski definition) is 7. The molecule has 2 unspecified atom stereocenters. The molecule has 21 heavy (non-hydrogen) atoms. The molecule has 0 bridgehead atoms. The van der Waals surface area contributed by atoms with Gasteiger partial charge in [0.15, 0.2) is 0 Å². The fraction of sp³-hybridized carbons (Fsp3) is 0.692. The third-order valence-corrected chi connectivity index (χ3v) is 3.72. The van der Waals surface area contributed by atoms with Gasteiger partial charge in [-0.05, 0) is 19.0 Å². The number of nitrogens with two attached hydrogens (primary N) is 3. The molecule has 0 aliphatic heterocycles. The quantitative estimate of drug-likeness (QED) is 0.368. The number of allylic oxidation sites excluding steroid dienone is 1. The van der Waals surface area contributed by atoms with E-state index in [0.717, 1.165) is 0 Å². The van der Waals surface area contributed by atoms with Crippen LogP contribution >= 0.6 is 0 Å². The Kier molecular flexibility index (Phi) is 6.93. The van der Waals surface area contributed by atoms with Gasteiger partial charge < -0.3 is 21.9 Å². The van der Waals surface area contributed by atoms with Crippen molar-refractivity contribution >= 4 is 0 Å². The van der Waals surface area contributed by atoms with Crippen molar-refractivity contribution in [2.24, 2.45) is 17.2 Å². The van der Waals surface area contributed by atoms with Gasteiger partial charge in [0.1, 0.15) is 5.60 Å². The van der Waals surface area contributed by atoms with Gasteiger partial charge in [0.05, 0.1) is 11.0 Å². The van der Waals surface area contributed by atoms with Crippen LogP contribution < -0.4 is 17.2 Å². The molecule has 0 saturated heterocycles. The molecule has 1 rings (SSSR count). The maximum absolute atomic E-state index is 11.0. The van der Waals surface area contributed by atoms with Crippen molar-refractivity contribution in [3.63, 3.8) is 0 Å². The first-order valence-corrected chi connectivity index (χ1v) is 6.99. The Bertz CT molecular complexity index is 407. The number of ether oxygens (including phenoxy) is 1. The van der Waals surface area contributed by atoms with Crippen LogP contribution in [-0.2, 0) is 4.74 Å². The smallest absolute Gasteiger partial charge is 0.266 e. The molecule has 0 spiro atoms. The van der Waals surface area contributed by atoms with Crippen LogP contribution in [0, 0.1) is 10.1 Å². The van der Waals surface area contributed by atoms with Gasteiger partial charge in [-0.1, -0.05) is 0 Å². The molecule has 0 heterocycles. The van der Waals surface area contributed by atoms with Gasteiger partial charge in [-0.25, -0.2) is 0 Å².